The number of hydrogen-bond donors (Lipinski definition) is 2. The maximum atomic E-state index is 11.5. The lowest BCUT2D eigenvalue weighted by molar-refractivity contribution is 0.0997. The molecule has 1 aromatic rings. The van der Waals surface area contributed by atoms with Crippen molar-refractivity contribution in [2.45, 2.75) is 25.2 Å². The van der Waals surface area contributed by atoms with E-state index in [0.717, 1.165) is 0 Å². The number of sulfonamides is 1. The van der Waals surface area contributed by atoms with Crippen molar-refractivity contribution in [1.29, 1.82) is 0 Å². The Hall–Kier alpha value is -1.40. The van der Waals surface area contributed by atoms with Crippen LogP contribution in [0, 0.1) is 5.92 Å². The highest BCUT2D eigenvalue weighted by molar-refractivity contribution is 7.89. The van der Waals surface area contributed by atoms with Crippen molar-refractivity contribution in [3.05, 3.63) is 29.3 Å². The first-order valence-corrected chi connectivity index (χ1v) is 6.72. The van der Waals surface area contributed by atoms with Gasteiger partial charge in [-0.1, -0.05) is 26.0 Å². The molecule has 0 aromatic heterocycles. The average Bonchev–Trinajstić information content (AvgIpc) is 2.14. The van der Waals surface area contributed by atoms with Gasteiger partial charge in [-0.25, -0.2) is 13.6 Å². The largest absolute Gasteiger partial charge is 0.366 e. The molecule has 0 aliphatic carbocycles. The zero-order chi connectivity index (χ0) is 13.2. The molecule has 94 valence electrons. The molecule has 0 bridgehead atoms. The van der Waals surface area contributed by atoms with Gasteiger partial charge in [0.15, 0.2) is 0 Å². The number of carbonyl (C=O) groups is 1. The summed E-state index contributed by atoms with van der Waals surface area (Å²) in [6.45, 7) is 3.90. The highest BCUT2D eigenvalue weighted by atomic mass is 32.2. The van der Waals surface area contributed by atoms with Gasteiger partial charge in [0.25, 0.3) is 0 Å². The zero-order valence-corrected chi connectivity index (χ0v) is 10.6. The summed E-state index contributed by atoms with van der Waals surface area (Å²) in [4.78, 5) is 11.1. The third-order valence-corrected chi connectivity index (χ3v) is 3.33. The van der Waals surface area contributed by atoms with Crippen molar-refractivity contribution in [1.82, 2.24) is 0 Å². The Morgan fingerprint density at radius 2 is 1.94 bits per heavy atom. The molecule has 0 fully saturated rings. The fourth-order valence-corrected chi connectivity index (χ4v) is 2.71. The molecule has 0 saturated carbocycles. The molecule has 1 rings (SSSR count). The molecule has 17 heavy (non-hydrogen) atoms. The average molecular weight is 256 g/mol. The molecule has 0 atom stereocenters. The number of amides is 1. The predicted molar refractivity (Wildman–Crippen MR) is 64.9 cm³/mol. The van der Waals surface area contributed by atoms with Gasteiger partial charge in [0, 0.05) is 0 Å². The Morgan fingerprint density at radius 3 is 2.35 bits per heavy atom. The number of primary sulfonamides is 1. The van der Waals surface area contributed by atoms with Crippen molar-refractivity contribution in [3.63, 3.8) is 0 Å². The lowest BCUT2D eigenvalue weighted by atomic mass is 10.0. The minimum atomic E-state index is -3.96. The summed E-state index contributed by atoms with van der Waals surface area (Å²) in [6, 6.07) is 4.62. The molecule has 0 heterocycles. The first-order chi connectivity index (χ1) is 7.73. The molecule has 0 aliphatic rings. The quantitative estimate of drug-likeness (QED) is 0.825. The lowest BCUT2D eigenvalue weighted by Crippen LogP contribution is -2.22. The van der Waals surface area contributed by atoms with E-state index < -0.39 is 15.9 Å². The molecule has 0 aliphatic heterocycles. The molecule has 1 amide bonds. The van der Waals surface area contributed by atoms with Crippen LogP contribution >= 0.6 is 0 Å². The molecule has 4 N–H and O–H groups in total. The van der Waals surface area contributed by atoms with Crippen LogP contribution in [0.1, 0.15) is 29.8 Å². The summed E-state index contributed by atoms with van der Waals surface area (Å²) in [7, 11) is -3.96. The van der Waals surface area contributed by atoms with Gasteiger partial charge in [-0.15, -0.1) is 0 Å². The lowest BCUT2D eigenvalue weighted by Gasteiger charge is -2.12. The van der Waals surface area contributed by atoms with Gasteiger partial charge in [0.2, 0.25) is 15.9 Å². The van der Waals surface area contributed by atoms with E-state index >= 15 is 0 Å². The van der Waals surface area contributed by atoms with E-state index in [1.807, 2.05) is 13.8 Å². The summed E-state index contributed by atoms with van der Waals surface area (Å²) in [5.41, 5.74) is 5.63. The monoisotopic (exact) mass is 256 g/mol. The van der Waals surface area contributed by atoms with Crippen molar-refractivity contribution in [2.75, 3.05) is 0 Å². The van der Waals surface area contributed by atoms with Gasteiger partial charge < -0.3 is 5.73 Å². The molecule has 0 saturated heterocycles. The number of hydrogen-bond acceptors (Lipinski definition) is 3. The van der Waals surface area contributed by atoms with E-state index in [4.69, 9.17) is 10.9 Å². The van der Waals surface area contributed by atoms with E-state index in [2.05, 4.69) is 0 Å². The fraction of sp³-hybridized carbons (Fsp3) is 0.364. The van der Waals surface area contributed by atoms with E-state index in [1.54, 1.807) is 12.1 Å². The van der Waals surface area contributed by atoms with E-state index in [9.17, 15) is 13.2 Å². The molecule has 1 aromatic carbocycles. The molecule has 0 spiro atoms. The van der Waals surface area contributed by atoms with E-state index in [1.165, 1.54) is 6.07 Å². The minimum Gasteiger partial charge on any atom is -0.366 e. The topological polar surface area (TPSA) is 103 Å². The van der Waals surface area contributed by atoms with Crippen LogP contribution in [0.25, 0.3) is 0 Å². The molecular weight excluding hydrogens is 240 g/mol. The van der Waals surface area contributed by atoms with Gasteiger partial charge in [-0.05, 0) is 24.0 Å². The van der Waals surface area contributed by atoms with Crippen molar-refractivity contribution < 1.29 is 13.2 Å². The Balaban J connectivity index is 3.51. The van der Waals surface area contributed by atoms with Gasteiger partial charge in [0.05, 0.1) is 10.5 Å². The van der Waals surface area contributed by atoms with Crippen LogP contribution in [0.5, 0.6) is 0 Å². The summed E-state index contributed by atoms with van der Waals surface area (Å²) >= 11 is 0. The van der Waals surface area contributed by atoms with Crippen LogP contribution < -0.4 is 10.9 Å². The predicted octanol–water partition coefficient (Wildman–Crippen LogP) is 0.631. The third-order valence-electron chi connectivity index (χ3n) is 2.27. The van der Waals surface area contributed by atoms with Crippen LogP contribution in [0.4, 0.5) is 0 Å². The Kier molecular flexibility index (Phi) is 3.90. The number of rotatable bonds is 4. The smallest absolute Gasteiger partial charge is 0.250 e. The van der Waals surface area contributed by atoms with Crippen LogP contribution in [0.2, 0.25) is 0 Å². The SMILES string of the molecule is CC(C)Cc1cccc(C(N)=O)c1S(N)(=O)=O. The summed E-state index contributed by atoms with van der Waals surface area (Å²) < 4.78 is 23.1. The number of primary amides is 1. The Labute approximate surface area is 101 Å². The summed E-state index contributed by atoms with van der Waals surface area (Å²) in [6.07, 6.45) is 0.521. The van der Waals surface area contributed by atoms with E-state index in [-0.39, 0.29) is 16.4 Å². The second-order valence-electron chi connectivity index (χ2n) is 4.30. The standard InChI is InChI=1S/C11H16N2O3S/c1-7(2)6-8-4-3-5-9(11(12)14)10(8)17(13,15)16/h3-5,7H,6H2,1-2H3,(H2,12,14)(H2,13,15,16). The minimum absolute atomic E-state index is 0.0503. The number of carbonyl (C=O) groups excluding carboxylic acids is 1. The Bertz CT molecular complexity index is 536. The summed E-state index contributed by atoms with van der Waals surface area (Å²) in [5, 5.41) is 5.14. The van der Waals surface area contributed by atoms with Crippen LogP contribution in [0.3, 0.4) is 0 Å². The maximum Gasteiger partial charge on any atom is 0.250 e. The van der Waals surface area contributed by atoms with Gasteiger partial charge in [-0.3, -0.25) is 4.79 Å². The molecule has 5 nitrogen and oxygen atoms in total. The molecular formula is C11H16N2O3S. The normalized spacial score (nSPS) is 11.8. The van der Waals surface area contributed by atoms with Gasteiger partial charge in [-0.2, -0.15) is 0 Å². The number of benzene rings is 1. The number of nitrogens with two attached hydrogens (primary N) is 2. The molecule has 6 heteroatoms. The second kappa shape index (κ2) is 4.85. The Morgan fingerprint density at radius 1 is 1.35 bits per heavy atom. The van der Waals surface area contributed by atoms with Crippen LogP contribution in [-0.4, -0.2) is 14.3 Å². The first-order valence-electron chi connectivity index (χ1n) is 5.18. The highest BCUT2D eigenvalue weighted by Gasteiger charge is 2.21. The highest BCUT2D eigenvalue weighted by Crippen LogP contribution is 2.22. The summed E-state index contributed by atoms with van der Waals surface area (Å²) in [5.74, 6) is -0.543. The zero-order valence-electron chi connectivity index (χ0n) is 9.80. The van der Waals surface area contributed by atoms with Crippen molar-refractivity contribution in [3.8, 4) is 0 Å². The van der Waals surface area contributed by atoms with E-state index in [0.29, 0.717) is 12.0 Å². The first kappa shape index (κ1) is 13.7. The van der Waals surface area contributed by atoms with Crippen molar-refractivity contribution >= 4 is 15.9 Å². The molecule has 0 radical (unpaired) electrons. The van der Waals surface area contributed by atoms with Crippen molar-refractivity contribution in [2.24, 2.45) is 16.8 Å². The van der Waals surface area contributed by atoms with Gasteiger partial charge >= 0.3 is 0 Å². The van der Waals surface area contributed by atoms with Gasteiger partial charge in [0.1, 0.15) is 0 Å². The second-order valence-corrected chi connectivity index (χ2v) is 5.80. The third kappa shape index (κ3) is 3.28. The maximum absolute atomic E-state index is 11.5. The van der Waals surface area contributed by atoms with Crippen LogP contribution in [-0.2, 0) is 16.4 Å². The fourth-order valence-electron chi connectivity index (χ4n) is 1.72. The molecule has 0 unspecified atom stereocenters. The van der Waals surface area contributed by atoms with Crippen LogP contribution in [0.15, 0.2) is 23.1 Å².